The predicted octanol–water partition coefficient (Wildman–Crippen LogP) is 14.5. The number of hydrogen-bond acceptors (Lipinski definition) is 6. The van der Waals surface area contributed by atoms with Gasteiger partial charge in [0.25, 0.3) is 0 Å². The third kappa shape index (κ3) is 39.8. The first-order chi connectivity index (χ1) is 28.4. The molecule has 0 aliphatic carbocycles. The molecule has 0 bridgehead atoms. The van der Waals surface area contributed by atoms with E-state index in [0.717, 1.165) is 45.1 Å². The fraction of sp³-hybridized carbons (Fsp3) is 0.941. The molecule has 0 atom stereocenters. The first-order valence-corrected chi connectivity index (χ1v) is 25.7. The second kappa shape index (κ2) is 44.9. The summed E-state index contributed by atoms with van der Waals surface area (Å²) in [5.41, 5.74) is 0. The number of unbranched alkanes of at least 4 members (excludes halogenated alkanes) is 22. The second-order valence-corrected chi connectivity index (χ2v) is 17.8. The van der Waals surface area contributed by atoms with Gasteiger partial charge >= 0.3 is 11.9 Å². The molecule has 0 unspecified atom stereocenters. The number of likely N-dealkylation sites (N-methyl/N-ethyl adjacent to an activating group) is 1. The Bertz CT molecular complexity index is 818. The van der Waals surface area contributed by atoms with Crippen molar-refractivity contribution >= 4 is 17.8 Å². The Labute approximate surface area is 361 Å². The van der Waals surface area contributed by atoms with Crippen LogP contribution in [0.1, 0.15) is 266 Å². The van der Waals surface area contributed by atoms with Gasteiger partial charge in [-0.1, -0.05) is 202 Å². The summed E-state index contributed by atoms with van der Waals surface area (Å²) in [6.45, 7) is 13.4. The molecule has 0 radical (unpaired) electrons. The molecule has 1 amide bonds. The van der Waals surface area contributed by atoms with Gasteiger partial charge in [0.1, 0.15) is 0 Å². The molecule has 7 nitrogen and oxygen atoms in total. The number of esters is 2. The molecule has 0 rings (SSSR count). The van der Waals surface area contributed by atoms with Gasteiger partial charge in [-0.3, -0.25) is 14.4 Å². The minimum Gasteiger partial charge on any atom is -0.466 e. The van der Waals surface area contributed by atoms with Crippen molar-refractivity contribution < 1.29 is 23.9 Å². The Hall–Kier alpha value is -1.63. The number of nitrogens with one attached hydrogen (secondary N) is 2. The molecule has 7 heteroatoms. The zero-order valence-corrected chi connectivity index (χ0v) is 39.6. The first kappa shape index (κ1) is 56.4. The lowest BCUT2D eigenvalue weighted by atomic mass is 9.92. The van der Waals surface area contributed by atoms with Crippen LogP contribution in [0.3, 0.4) is 0 Å². The molecule has 0 fully saturated rings. The smallest absolute Gasteiger partial charge is 0.306 e. The van der Waals surface area contributed by atoms with Crippen molar-refractivity contribution in [1.82, 2.24) is 10.6 Å². The van der Waals surface area contributed by atoms with E-state index in [1.807, 2.05) is 6.92 Å². The molecule has 0 aromatic heterocycles. The zero-order valence-electron chi connectivity index (χ0n) is 39.6. The van der Waals surface area contributed by atoms with Crippen LogP contribution in [0.2, 0.25) is 0 Å². The van der Waals surface area contributed by atoms with E-state index in [2.05, 4.69) is 38.3 Å². The lowest BCUT2D eigenvalue weighted by Crippen LogP contribution is -2.40. The minimum atomic E-state index is 0.0160. The van der Waals surface area contributed by atoms with Gasteiger partial charge in [0.2, 0.25) is 5.91 Å². The zero-order chi connectivity index (χ0) is 42.6. The molecular formula is C51H100N2O5. The fourth-order valence-electron chi connectivity index (χ4n) is 8.30. The molecule has 0 heterocycles. The standard InChI is InChI=1S/C51H100N2O5/c1-6-11-27-35-46(36-28-12-7-2)43-50(55)57-41-33-25-21-17-15-19-23-31-39-48(53-49(54)45-52-10-5)40-32-24-20-16-18-22-26-34-42-58-51(56)44-47(37-29-13-8-3)38-30-14-9-4/h46-48,52H,6-45H2,1-5H3,(H,53,54). The first-order valence-electron chi connectivity index (χ1n) is 25.7. The number of ether oxygens (including phenoxy) is 2. The van der Waals surface area contributed by atoms with Crippen molar-refractivity contribution in [3.05, 3.63) is 0 Å². The molecule has 0 saturated carbocycles. The van der Waals surface area contributed by atoms with Crippen LogP contribution in [0.25, 0.3) is 0 Å². The SMILES string of the molecule is CCCCCC(CCCCC)CC(=O)OCCCCCCCCCCC(CCCCCCCCCCOC(=O)CC(CCCCC)CCCCC)NC(=O)CNCC. The molecule has 0 aliphatic rings. The maximum atomic E-state index is 12.5. The third-order valence-corrected chi connectivity index (χ3v) is 12.1. The van der Waals surface area contributed by atoms with Crippen LogP contribution in [0, 0.1) is 11.8 Å². The van der Waals surface area contributed by atoms with Crippen molar-refractivity contribution in [2.45, 2.75) is 272 Å². The maximum Gasteiger partial charge on any atom is 0.306 e. The summed E-state index contributed by atoms with van der Waals surface area (Å²) in [4.78, 5) is 37.5. The molecule has 2 N–H and O–H groups in total. The Kier molecular flexibility index (Phi) is 43.6. The van der Waals surface area contributed by atoms with Crippen molar-refractivity contribution in [3.8, 4) is 0 Å². The van der Waals surface area contributed by atoms with Crippen molar-refractivity contribution in [2.75, 3.05) is 26.3 Å². The van der Waals surface area contributed by atoms with Gasteiger partial charge in [-0.25, -0.2) is 0 Å². The van der Waals surface area contributed by atoms with Crippen molar-refractivity contribution in [1.29, 1.82) is 0 Å². The molecule has 0 aromatic rings. The summed E-state index contributed by atoms with van der Waals surface area (Å²) in [5.74, 6) is 1.16. The van der Waals surface area contributed by atoms with Gasteiger partial charge < -0.3 is 20.1 Å². The molecule has 0 aliphatic heterocycles. The van der Waals surface area contributed by atoms with Gasteiger partial charge in [0, 0.05) is 18.9 Å². The van der Waals surface area contributed by atoms with E-state index in [0.29, 0.717) is 44.4 Å². The molecule has 0 aromatic carbocycles. The monoisotopic (exact) mass is 821 g/mol. The fourth-order valence-corrected chi connectivity index (χ4v) is 8.30. The van der Waals surface area contributed by atoms with Crippen molar-refractivity contribution in [3.63, 3.8) is 0 Å². The molecule has 58 heavy (non-hydrogen) atoms. The van der Waals surface area contributed by atoms with Gasteiger partial charge in [-0.15, -0.1) is 0 Å². The summed E-state index contributed by atoms with van der Waals surface area (Å²) < 4.78 is 11.3. The summed E-state index contributed by atoms with van der Waals surface area (Å²) in [6, 6.07) is 0.280. The highest BCUT2D eigenvalue weighted by atomic mass is 16.5. The Morgan fingerprint density at radius 1 is 0.397 bits per heavy atom. The quantitative estimate of drug-likeness (QED) is 0.0469. The van der Waals surface area contributed by atoms with Gasteiger partial charge in [-0.2, -0.15) is 0 Å². The van der Waals surface area contributed by atoms with Crippen molar-refractivity contribution in [2.24, 2.45) is 11.8 Å². The van der Waals surface area contributed by atoms with E-state index in [4.69, 9.17) is 9.47 Å². The average Bonchev–Trinajstić information content (AvgIpc) is 3.21. The Morgan fingerprint density at radius 3 is 1.03 bits per heavy atom. The van der Waals surface area contributed by atoms with Crippen LogP contribution >= 0.6 is 0 Å². The number of carbonyl (C=O) groups is 3. The van der Waals surface area contributed by atoms with Gasteiger partial charge in [0.15, 0.2) is 0 Å². The predicted molar refractivity (Wildman–Crippen MR) is 248 cm³/mol. The topological polar surface area (TPSA) is 93.7 Å². The Morgan fingerprint density at radius 2 is 0.707 bits per heavy atom. The summed E-state index contributed by atoms with van der Waals surface area (Å²) in [7, 11) is 0. The highest BCUT2D eigenvalue weighted by molar-refractivity contribution is 5.78. The molecule has 0 saturated heterocycles. The van der Waals surface area contributed by atoms with Gasteiger partial charge in [-0.05, 0) is 69.7 Å². The van der Waals surface area contributed by atoms with E-state index in [1.54, 1.807) is 0 Å². The summed E-state index contributed by atoms with van der Waals surface area (Å²) in [5, 5.41) is 6.49. The number of amides is 1. The van der Waals surface area contributed by atoms with Crippen LogP contribution < -0.4 is 10.6 Å². The minimum absolute atomic E-state index is 0.0160. The number of rotatable bonds is 46. The average molecular weight is 821 g/mol. The van der Waals surface area contributed by atoms with E-state index >= 15 is 0 Å². The highest BCUT2D eigenvalue weighted by Crippen LogP contribution is 2.23. The third-order valence-electron chi connectivity index (χ3n) is 12.1. The van der Waals surface area contributed by atoms with Crippen LogP contribution in [-0.2, 0) is 23.9 Å². The number of carbonyl (C=O) groups excluding carboxylic acids is 3. The van der Waals surface area contributed by atoms with E-state index in [-0.39, 0.29) is 23.9 Å². The largest absolute Gasteiger partial charge is 0.466 e. The molecule has 344 valence electrons. The summed E-state index contributed by atoms with van der Waals surface area (Å²) >= 11 is 0. The lowest BCUT2D eigenvalue weighted by molar-refractivity contribution is -0.146. The lowest BCUT2D eigenvalue weighted by Gasteiger charge is -2.19. The highest BCUT2D eigenvalue weighted by Gasteiger charge is 2.16. The molecular weight excluding hydrogens is 721 g/mol. The van der Waals surface area contributed by atoms with Crippen LogP contribution in [0.5, 0.6) is 0 Å². The van der Waals surface area contributed by atoms with Crippen LogP contribution in [0.15, 0.2) is 0 Å². The van der Waals surface area contributed by atoms with E-state index < -0.39 is 0 Å². The van der Waals surface area contributed by atoms with Gasteiger partial charge in [0.05, 0.1) is 19.8 Å². The maximum absolute atomic E-state index is 12.5. The second-order valence-electron chi connectivity index (χ2n) is 17.8. The van der Waals surface area contributed by atoms with E-state index in [9.17, 15) is 14.4 Å². The normalized spacial score (nSPS) is 11.6. The Balaban J connectivity index is 4.07. The number of hydrogen-bond donors (Lipinski definition) is 2. The van der Waals surface area contributed by atoms with Crippen LogP contribution in [0.4, 0.5) is 0 Å². The summed E-state index contributed by atoms with van der Waals surface area (Å²) in [6.07, 6.45) is 42.0. The molecule has 0 spiro atoms. The van der Waals surface area contributed by atoms with Crippen LogP contribution in [-0.4, -0.2) is 50.2 Å². The van der Waals surface area contributed by atoms with E-state index in [1.165, 1.54) is 180 Å².